The van der Waals surface area contributed by atoms with Crippen LogP contribution in [0.15, 0.2) is 54.6 Å². The van der Waals surface area contributed by atoms with Crippen LogP contribution < -0.4 is 4.74 Å². The number of aliphatic hydroxyl groups is 2. The summed E-state index contributed by atoms with van der Waals surface area (Å²) in [5.74, 6) is 2.52. The maximum Gasteiger partial charge on any atom is 0.254 e. The summed E-state index contributed by atoms with van der Waals surface area (Å²) in [6.45, 7) is 4.16. The molecule has 2 aromatic rings. The van der Waals surface area contributed by atoms with Gasteiger partial charge in [-0.1, -0.05) is 49.4 Å². The van der Waals surface area contributed by atoms with Crippen LogP contribution in [0.5, 0.6) is 5.75 Å². The molecule has 0 aromatic heterocycles. The molecule has 2 saturated carbocycles. The summed E-state index contributed by atoms with van der Waals surface area (Å²) in [7, 11) is 0. The first kappa shape index (κ1) is 28.8. The van der Waals surface area contributed by atoms with E-state index in [-0.39, 0.29) is 12.3 Å². The lowest BCUT2D eigenvalue weighted by Crippen LogP contribution is -2.50. The number of aryl methyl sites for hydroxylation is 1. The van der Waals surface area contributed by atoms with E-state index >= 15 is 0 Å². The number of likely N-dealkylation sites (tertiary alicyclic amines) is 1. The first-order valence-corrected chi connectivity index (χ1v) is 15.3. The number of ketones is 1. The fourth-order valence-corrected chi connectivity index (χ4v) is 6.37. The second-order valence-corrected chi connectivity index (χ2v) is 12.6. The van der Waals surface area contributed by atoms with Crippen LogP contribution in [0.2, 0.25) is 0 Å². The number of carbonyl (C=O) groups excluding carboxylic acids is 2. The number of benzene rings is 2. The van der Waals surface area contributed by atoms with E-state index in [0.717, 1.165) is 63.2 Å². The lowest BCUT2D eigenvalue weighted by atomic mass is 9.68. The van der Waals surface area contributed by atoms with Crippen molar-refractivity contribution in [3.63, 3.8) is 0 Å². The Kier molecular flexibility index (Phi) is 9.59. The van der Waals surface area contributed by atoms with Gasteiger partial charge in [-0.25, -0.2) is 0 Å². The van der Waals surface area contributed by atoms with Gasteiger partial charge in [-0.2, -0.15) is 0 Å². The SMILES string of the molecule is CC1CC1COc1ccc(CC2CCC2CC(=O)[C@H](O)[C@@H](O)C(=O)N2CCC(CCc3ccccc3)CC2)cc1. The highest BCUT2D eigenvalue weighted by molar-refractivity contribution is 5.92. The van der Waals surface area contributed by atoms with Crippen molar-refractivity contribution < 1.29 is 24.5 Å². The number of hydrogen-bond donors (Lipinski definition) is 2. The largest absolute Gasteiger partial charge is 0.493 e. The lowest BCUT2D eigenvalue weighted by molar-refractivity contribution is -0.154. The van der Waals surface area contributed by atoms with Gasteiger partial charge in [0.15, 0.2) is 11.9 Å². The Labute approximate surface area is 238 Å². The van der Waals surface area contributed by atoms with Gasteiger partial charge in [0.25, 0.3) is 5.91 Å². The summed E-state index contributed by atoms with van der Waals surface area (Å²) in [6, 6.07) is 18.7. The van der Waals surface area contributed by atoms with E-state index < -0.39 is 23.9 Å². The van der Waals surface area contributed by atoms with Gasteiger partial charge in [-0.3, -0.25) is 9.59 Å². The minimum Gasteiger partial charge on any atom is -0.493 e. The Bertz CT molecular complexity index is 1110. The first-order valence-electron chi connectivity index (χ1n) is 15.3. The normalized spacial score (nSPS) is 26.0. The van der Waals surface area contributed by atoms with Crippen LogP contribution in [0, 0.1) is 29.6 Å². The number of rotatable bonds is 13. The molecule has 6 heteroatoms. The third-order valence-corrected chi connectivity index (χ3v) is 9.69. The van der Waals surface area contributed by atoms with Crippen molar-refractivity contribution in [3.8, 4) is 5.75 Å². The smallest absolute Gasteiger partial charge is 0.254 e. The number of nitrogens with zero attached hydrogens (tertiary/aromatic N) is 1. The van der Waals surface area contributed by atoms with Crippen LogP contribution in [0.25, 0.3) is 0 Å². The zero-order valence-corrected chi connectivity index (χ0v) is 23.8. The van der Waals surface area contributed by atoms with E-state index in [1.54, 1.807) is 4.90 Å². The predicted octanol–water partition coefficient (Wildman–Crippen LogP) is 4.84. The van der Waals surface area contributed by atoms with Crippen LogP contribution in [0.3, 0.4) is 0 Å². The average Bonchev–Trinajstić information content (AvgIpc) is 3.70. The third-order valence-electron chi connectivity index (χ3n) is 9.69. The van der Waals surface area contributed by atoms with Gasteiger partial charge in [0.05, 0.1) is 6.61 Å². The molecule has 1 amide bonds. The molecule has 40 heavy (non-hydrogen) atoms. The van der Waals surface area contributed by atoms with E-state index in [9.17, 15) is 19.8 Å². The quantitative estimate of drug-likeness (QED) is 0.375. The van der Waals surface area contributed by atoms with E-state index in [2.05, 4.69) is 43.3 Å². The van der Waals surface area contributed by atoms with Crippen LogP contribution in [-0.2, 0) is 22.4 Å². The third kappa shape index (κ3) is 7.52. The van der Waals surface area contributed by atoms with Crippen molar-refractivity contribution in [1.29, 1.82) is 0 Å². The topological polar surface area (TPSA) is 87.1 Å². The molecule has 0 bridgehead atoms. The van der Waals surface area contributed by atoms with Crippen molar-refractivity contribution in [2.45, 2.75) is 76.9 Å². The Morgan fingerprint density at radius 1 is 0.875 bits per heavy atom. The molecule has 0 spiro atoms. The van der Waals surface area contributed by atoms with E-state index in [4.69, 9.17) is 4.74 Å². The molecule has 3 aliphatic rings. The van der Waals surface area contributed by atoms with Crippen molar-refractivity contribution >= 4 is 11.7 Å². The molecule has 2 aromatic carbocycles. The summed E-state index contributed by atoms with van der Waals surface area (Å²) in [4.78, 5) is 27.4. The minimum absolute atomic E-state index is 0.178. The van der Waals surface area contributed by atoms with Gasteiger partial charge in [-0.15, -0.1) is 0 Å². The van der Waals surface area contributed by atoms with Crippen LogP contribution >= 0.6 is 0 Å². The van der Waals surface area contributed by atoms with Gasteiger partial charge in [0.2, 0.25) is 0 Å². The standard InChI is InChI=1S/C34H45NO5/c1-23-19-29(23)22-40-30-13-9-26(10-14-30)20-27-11-12-28(27)21-31(36)32(37)33(38)34(39)35-17-15-25(16-18-35)8-7-24-5-3-2-4-6-24/h2-6,9-10,13-14,23,25,27-29,32-33,37-38H,7-8,11-12,15-22H2,1H3/t23?,27?,28?,29?,32-,33+/m0/s1. The summed E-state index contributed by atoms with van der Waals surface area (Å²) < 4.78 is 5.89. The number of amides is 1. The molecule has 0 radical (unpaired) electrons. The van der Waals surface area contributed by atoms with Crippen molar-refractivity contribution in [1.82, 2.24) is 4.90 Å². The van der Waals surface area contributed by atoms with Crippen LogP contribution in [0.1, 0.15) is 63.0 Å². The van der Waals surface area contributed by atoms with Gasteiger partial charge in [0, 0.05) is 19.5 Å². The molecule has 6 nitrogen and oxygen atoms in total. The van der Waals surface area contributed by atoms with Gasteiger partial charge in [0.1, 0.15) is 11.9 Å². The molecule has 1 saturated heterocycles. The monoisotopic (exact) mass is 547 g/mol. The molecule has 2 aliphatic carbocycles. The van der Waals surface area contributed by atoms with Gasteiger partial charge in [-0.05, 0) is 104 Å². The molecule has 4 unspecified atom stereocenters. The number of carbonyl (C=O) groups is 2. The number of hydrogen-bond acceptors (Lipinski definition) is 5. The first-order chi connectivity index (χ1) is 19.4. The summed E-state index contributed by atoms with van der Waals surface area (Å²) >= 11 is 0. The number of aliphatic hydroxyl groups excluding tert-OH is 2. The van der Waals surface area contributed by atoms with Gasteiger partial charge >= 0.3 is 0 Å². The molecule has 216 valence electrons. The minimum atomic E-state index is -1.68. The summed E-state index contributed by atoms with van der Waals surface area (Å²) in [5, 5.41) is 21.2. The summed E-state index contributed by atoms with van der Waals surface area (Å²) in [5.41, 5.74) is 2.55. The molecule has 1 heterocycles. The molecule has 5 rings (SSSR count). The van der Waals surface area contributed by atoms with E-state index in [0.29, 0.717) is 30.8 Å². The highest BCUT2D eigenvalue weighted by Crippen LogP contribution is 2.40. The second kappa shape index (κ2) is 13.3. The maximum absolute atomic E-state index is 12.9. The number of ether oxygens (including phenoxy) is 1. The van der Waals surface area contributed by atoms with Gasteiger partial charge < -0.3 is 19.8 Å². The Morgan fingerprint density at radius 3 is 2.17 bits per heavy atom. The fourth-order valence-electron chi connectivity index (χ4n) is 6.37. The average molecular weight is 548 g/mol. The second-order valence-electron chi connectivity index (χ2n) is 12.6. The number of Topliss-reactive ketones (excluding diaryl/α,β-unsaturated/α-hetero) is 1. The summed E-state index contributed by atoms with van der Waals surface area (Å²) in [6.07, 6.45) is 4.86. The molecule has 3 fully saturated rings. The molecule has 6 atom stereocenters. The fraction of sp³-hybridized carbons (Fsp3) is 0.588. The number of piperidine rings is 1. The van der Waals surface area contributed by atoms with Crippen LogP contribution in [-0.4, -0.2) is 58.7 Å². The molecular weight excluding hydrogens is 502 g/mol. The van der Waals surface area contributed by atoms with Crippen LogP contribution in [0.4, 0.5) is 0 Å². The Balaban J connectivity index is 1.02. The predicted molar refractivity (Wildman–Crippen MR) is 155 cm³/mol. The highest BCUT2D eigenvalue weighted by Gasteiger charge is 2.39. The molecular formula is C34H45NO5. The zero-order chi connectivity index (χ0) is 28.1. The maximum atomic E-state index is 12.9. The van der Waals surface area contributed by atoms with E-state index in [1.165, 1.54) is 17.5 Å². The Morgan fingerprint density at radius 2 is 1.55 bits per heavy atom. The van der Waals surface area contributed by atoms with Crippen molar-refractivity contribution in [2.24, 2.45) is 29.6 Å². The van der Waals surface area contributed by atoms with Crippen molar-refractivity contribution in [2.75, 3.05) is 19.7 Å². The highest BCUT2D eigenvalue weighted by atomic mass is 16.5. The van der Waals surface area contributed by atoms with E-state index in [1.807, 2.05) is 18.2 Å². The van der Waals surface area contributed by atoms with Crippen molar-refractivity contribution in [3.05, 3.63) is 65.7 Å². The Hall–Kier alpha value is -2.70. The molecule has 1 aliphatic heterocycles. The molecule has 2 N–H and O–H groups in total. The zero-order valence-electron chi connectivity index (χ0n) is 23.8. The lowest BCUT2D eigenvalue weighted by Gasteiger charge is -2.37.